The lowest BCUT2D eigenvalue weighted by molar-refractivity contribution is -0.167. The Hall–Kier alpha value is -3.67. The second-order valence-electron chi connectivity index (χ2n) is 23.7. The summed E-state index contributed by atoms with van der Waals surface area (Å²) in [6.45, 7) is 6.41. The molecule has 0 N–H and O–H groups in total. The molecule has 0 radical (unpaired) electrons. The van der Waals surface area contributed by atoms with Gasteiger partial charge in [0.05, 0.1) is 0 Å². The lowest BCUT2D eigenvalue weighted by Crippen LogP contribution is -2.30. The molecule has 0 aliphatic carbocycles. The summed E-state index contributed by atoms with van der Waals surface area (Å²) in [5.41, 5.74) is 0. The van der Waals surface area contributed by atoms with E-state index in [4.69, 9.17) is 14.2 Å². The van der Waals surface area contributed by atoms with Gasteiger partial charge in [-0.15, -0.1) is 0 Å². The van der Waals surface area contributed by atoms with Gasteiger partial charge in [0.15, 0.2) is 6.10 Å². The summed E-state index contributed by atoms with van der Waals surface area (Å²) in [6, 6.07) is 0. The van der Waals surface area contributed by atoms with Crippen LogP contribution in [-0.4, -0.2) is 37.2 Å². The first kappa shape index (κ1) is 79.3. The average Bonchev–Trinajstić information content (AvgIpc) is 3.49. The molecule has 1 atom stereocenters. The minimum atomic E-state index is -0.795. The number of allylic oxidation sites excluding steroid dienone is 16. The molecule has 0 heterocycles. The SMILES string of the molecule is CC/C=C\C/C=C\C/C=C\CCCCCCCCCC(=O)OC(COC(=O)CCCCC/C=C\C/C=C\C/C=C\CC)COC(=O)CCCCCCCCCCCCCCCCCCCCCCCCC/C=C\C/C=C\CCCCCCC. The van der Waals surface area contributed by atoms with Crippen molar-refractivity contribution in [1.29, 1.82) is 0 Å². The minimum Gasteiger partial charge on any atom is -0.462 e. The van der Waals surface area contributed by atoms with Crippen molar-refractivity contribution in [3.05, 3.63) is 97.2 Å². The van der Waals surface area contributed by atoms with Crippen LogP contribution >= 0.6 is 0 Å². The predicted molar refractivity (Wildman–Crippen MR) is 362 cm³/mol. The number of esters is 3. The molecule has 0 aliphatic rings. The van der Waals surface area contributed by atoms with E-state index in [1.807, 2.05) is 0 Å². The molecule has 0 spiro atoms. The van der Waals surface area contributed by atoms with Gasteiger partial charge in [0.2, 0.25) is 0 Å². The molecule has 6 nitrogen and oxygen atoms in total. The largest absolute Gasteiger partial charge is 0.462 e. The zero-order valence-electron chi connectivity index (χ0n) is 54.9. The van der Waals surface area contributed by atoms with Gasteiger partial charge in [-0.05, 0) is 116 Å². The van der Waals surface area contributed by atoms with Gasteiger partial charge in [0, 0.05) is 19.3 Å². The molecule has 0 fully saturated rings. The van der Waals surface area contributed by atoms with E-state index in [1.54, 1.807) is 0 Å². The van der Waals surface area contributed by atoms with Crippen LogP contribution in [0.3, 0.4) is 0 Å². The zero-order chi connectivity index (χ0) is 59.9. The smallest absolute Gasteiger partial charge is 0.306 e. The Morgan fingerprint density at radius 1 is 0.253 bits per heavy atom. The molecular formula is C77H134O6. The monoisotopic (exact) mass is 1160 g/mol. The number of carbonyl (C=O) groups is 3. The Morgan fingerprint density at radius 2 is 0.470 bits per heavy atom. The van der Waals surface area contributed by atoms with E-state index in [9.17, 15) is 14.4 Å². The van der Waals surface area contributed by atoms with Crippen LogP contribution in [0.15, 0.2) is 97.2 Å². The second-order valence-corrected chi connectivity index (χ2v) is 23.7. The van der Waals surface area contributed by atoms with Crippen LogP contribution < -0.4 is 0 Å². The number of ether oxygens (including phenoxy) is 3. The molecule has 6 heteroatoms. The van der Waals surface area contributed by atoms with E-state index in [-0.39, 0.29) is 31.1 Å². The van der Waals surface area contributed by atoms with Crippen LogP contribution in [-0.2, 0) is 28.6 Å². The van der Waals surface area contributed by atoms with Crippen molar-refractivity contribution < 1.29 is 28.6 Å². The van der Waals surface area contributed by atoms with Gasteiger partial charge >= 0.3 is 17.9 Å². The van der Waals surface area contributed by atoms with Crippen LogP contribution in [0.2, 0.25) is 0 Å². The predicted octanol–water partition coefficient (Wildman–Crippen LogP) is 24.8. The topological polar surface area (TPSA) is 78.9 Å². The fourth-order valence-electron chi connectivity index (χ4n) is 10.3. The fourth-order valence-corrected chi connectivity index (χ4v) is 10.3. The highest BCUT2D eigenvalue weighted by Crippen LogP contribution is 2.18. The van der Waals surface area contributed by atoms with Crippen LogP contribution in [0.4, 0.5) is 0 Å². The van der Waals surface area contributed by atoms with Gasteiger partial charge in [0.1, 0.15) is 13.2 Å². The highest BCUT2D eigenvalue weighted by atomic mass is 16.6. The van der Waals surface area contributed by atoms with E-state index in [2.05, 4.69) is 118 Å². The van der Waals surface area contributed by atoms with Gasteiger partial charge < -0.3 is 14.2 Å². The Balaban J connectivity index is 4.12. The quantitative estimate of drug-likeness (QED) is 0.0261. The molecular weight excluding hydrogens is 1020 g/mol. The van der Waals surface area contributed by atoms with Crippen molar-refractivity contribution in [1.82, 2.24) is 0 Å². The molecule has 1 unspecified atom stereocenters. The van der Waals surface area contributed by atoms with Crippen molar-refractivity contribution in [3.63, 3.8) is 0 Å². The minimum absolute atomic E-state index is 0.0884. The van der Waals surface area contributed by atoms with Crippen molar-refractivity contribution in [2.24, 2.45) is 0 Å². The first-order chi connectivity index (χ1) is 41.0. The molecule has 0 amide bonds. The van der Waals surface area contributed by atoms with E-state index >= 15 is 0 Å². The van der Waals surface area contributed by atoms with Crippen LogP contribution in [0.25, 0.3) is 0 Å². The Kier molecular flexibility index (Phi) is 67.7. The third-order valence-electron chi connectivity index (χ3n) is 15.6. The van der Waals surface area contributed by atoms with Crippen molar-refractivity contribution in [2.75, 3.05) is 13.2 Å². The summed E-state index contributed by atoms with van der Waals surface area (Å²) >= 11 is 0. The van der Waals surface area contributed by atoms with Crippen LogP contribution in [0.1, 0.15) is 355 Å². The number of carbonyl (C=O) groups excluding carboxylic acids is 3. The molecule has 0 saturated heterocycles. The number of unbranched alkanes of at least 4 members (excludes halogenated alkanes) is 38. The summed E-state index contributed by atoms with van der Waals surface area (Å²) in [6.07, 6.45) is 96.1. The molecule has 0 aliphatic heterocycles. The van der Waals surface area contributed by atoms with E-state index in [1.165, 1.54) is 199 Å². The fraction of sp³-hybridized carbons (Fsp3) is 0.753. The maximum absolute atomic E-state index is 12.9. The molecule has 0 bridgehead atoms. The standard InChI is InChI=1S/C77H134O6/c1-4-7-10-13-16-19-22-25-27-29-30-31-32-33-34-35-36-37-38-39-40-41-42-43-44-45-46-48-49-52-55-58-61-64-67-70-76(79)82-73-74(72-81-75(78)69-66-63-60-57-54-51-24-21-18-15-12-9-6-3)83-77(80)71-68-65-62-59-56-53-50-47-28-26-23-20-17-14-11-8-5-2/h8-9,11-12,17-18,20-22,25-26,28-30,51,54,74H,4-7,10,13-16,19,23-24,27,31-50,52-53,55-73H2,1-3H3/b11-8-,12-9-,20-17-,21-18-,25-22-,28-26-,30-29-,54-51-. The normalized spacial score (nSPS) is 12.7. The van der Waals surface area contributed by atoms with E-state index in [0.717, 1.165) is 116 Å². The molecule has 478 valence electrons. The van der Waals surface area contributed by atoms with Crippen molar-refractivity contribution in [2.45, 2.75) is 361 Å². The van der Waals surface area contributed by atoms with Crippen molar-refractivity contribution >= 4 is 17.9 Å². The first-order valence-corrected chi connectivity index (χ1v) is 35.7. The van der Waals surface area contributed by atoms with Crippen LogP contribution in [0.5, 0.6) is 0 Å². The van der Waals surface area contributed by atoms with Crippen molar-refractivity contribution in [3.8, 4) is 0 Å². The molecule has 0 aromatic heterocycles. The highest BCUT2D eigenvalue weighted by Gasteiger charge is 2.19. The van der Waals surface area contributed by atoms with Gasteiger partial charge in [-0.2, -0.15) is 0 Å². The molecule has 0 saturated carbocycles. The van der Waals surface area contributed by atoms with E-state index in [0.29, 0.717) is 19.3 Å². The third-order valence-corrected chi connectivity index (χ3v) is 15.6. The van der Waals surface area contributed by atoms with Crippen LogP contribution in [0, 0.1) is 0 Å². The highest BCUT2D eigenvalue weighted by molar-refractivity contribution is 5.71. The summed E-state index contributed by atoms with van der Waals surface area (Å²) in [5.74, 6) is -0.915. The van der Waals surface area contributed by atoms with E-state index < -0.39 is 6.10 Å². The lowest BCUT2D eigenvalue weighted by Gasteiger charge is -2.18. The summed E-state index contributed by atoms with van der Waals surface area (Å²) in [4.78, 5) is 38.3. The molecule has 83 heavy (non-hydrogen) atoms. The summed E-state index contributed by atoms with van der Waals surface area (Å²) < 4.78 is 16.9. The summed E-state index contributed by atoms with van der Waals surface area (Å²) in [5, 5.41) is 0. The number of rotatable bonds is 65. The van der Waals surface area contributed by atoms with Gasteiger partial charge in [-0.1, -0.05) is 317 Å². The lowest BCUT2D eigenvalue weighted by atomic mass is 10.0. The molecule has 0 aromatic carbocycles. The number of hydrogen-bond acceptors (Lipinski definition) is 6. The third kappa shape index (κ3) is 69.0. The molecule has 0 rings (SSSR count). The first-order valence-electron chi connectivity index (χ1n) is 35.7. The van der Waals surface area contributed by atoms with Gasteiger partial charge in [-0.3, -0.25) is 14.4 Å². The Bertz CT molecular complexity index is 1610. The zero-order valence-corrected chi connectivity index (χ0v) is 54.9. The van der Waals surface area contributed by atoms with Gasteiger partial charge in [-0.25, -0.2) is 0 Å². The number of hydrogen-bond donors (Lipinski definition) is 0. The average molecular weight is 1160 g/mol. The maximum atomic E-state index is 12.9. The molecule has 0 aromatic rings. The Morgan fingerprint density at radius 3 is 0.747 bits per heavy atom. The maximum Gasteiger partial charge on any atom is 0.306 e. The second kappa shape index (κ2) is 70.8. The summed E-state index contributed by atoms with van der Waals surface area (Å²) in [7, 11) is 0. The Labute approximate surface area is 515 Å². The van der Waals surface area contributed by atoms with Gasteiger partial charge in [0.25, 0.3) is 0 Å².